The van der Waals surface area contributed by atoms with Crippen molar-refractivity contribution in [2.75, 3.05) is 17.1 Å². The van der Waals surface area contributed by atoms with Crippen molar-refractivity contribution in [2.45, 2.75) is 46.6 Å². The van der Waals surface area contributed by atoms with Crippen LogP contribution in [0.2, 0.25) is 6.82 Å². The van der Waals surface area contributed by atoms with E-state index in [0.717, 1.165) is 41.9 Å². The lowest BCUT2D eigenvalue weighted by Gasteiger charge is -2.20. The fourth-order valence-electron chi connectivity index (χ4n) is 3.37. The lowest BCUT2D eigenvalue weighted by Crippen LogP contribution is -2.35. The SMILES string of the molecule is CB(O)Nc1ccc(CNC(=O)Cn2c(C)cc3c(c2=O)NCCC3)c(C)n1. The number of nitrogens with one attached hydrogen (secondary N) is 3. The van der Waals surface area contributed by atoms with Gasteiger partial charge in [0, 0.05) is 24.5 Å². The molecule has 0 saturated carbocycles. The van der Waals surface area contributed by atoms with Gasteiger partial charge in [0.15, 0.2) is 0 Å². The second-order valence-corrected chi connectivity index (χ2v) is 7.15. The average Bonchev–Trinajstić information content (AvgIpc) is 2.64. The summed E-state index contributed by atoms with van der Waals surface area (Å²) in [6.45, 7) is 6.40. The zero-order chi connectivity index (χ0) is 20.3. The molecule has 1 aliphatic rings. The number of fused-ring (bicyclic) bond motifs is 1. The number of aryl methyl sites for hydroxylation is 3. The van der Waals surface area contributed by atoms with E-state index < -0.39 is 7.05 Å². The highest BCUT2D eigenvalue weighted by molar-refractivity contribution is 6.52. The summed E-state index contributed by atoms with van der Waals surface area (Å²) in [5.41, 5.74) is 3.92. The number of anilines is 2. The van der Waals surface area contributed by atoms with Crippen molar-refractivity contribution in [3.05, 3.63) is 51.1 Å². The fraction of sp³-hybridized carbons (Fsp3) is 0.421. The van der Waals surface area contributed by atoms with Gasteiger partial charge in [0.2, 0.25) is 5.91 Å². The molecule has 1 aliphatic heterocycles. The van der Waals surface area contributed by atoms with Crippen LogP contribution in [-0.2, 0) is 24.3 Å². The first-order valence-corrected chi connectivity index (χ1v) is 9.50. The van der Waals surface area contributed by atoms with Crippen molar-refractivity contribution in [1.82, 2.24) is 14.9 Å². The first-order chi connectivity index (χ1) is 13.3. The largest absolute Gasteiger partial charge is 0.433 e. The molecule has 0 spiro atoms. The number of rotatable bonds is 6. The van der Waals surface area contributed by atoms with E-state index in [-0.39, 0.29) is 18.0 Å². The molecule has 0 aromatic carbocycles. The first kappa shape index (κ1) is 19.9. The van der Waals surface area contributed by atoms with Crippen LogP contribution in [0.5, 0.6) is 0 Å². The minimum atomic E-state index is -0.690. The molecule has 148 valence electrons. The van der Waals surface area contributed by atoms with Crippen LogP contribution in [0, 0.1) is 13.8 Å². The Labute approximate surface area is 164 Å². The van der Waals surface area contributed by atoms with Gasteiger partial charge in [-0.05, 0) is 56.8 Å². The number of hydrogen-bond donors (Lipinski definition) is 4. The average molecular weight is 383 g/mol. The lowest BCUT2D eigenvalue weighted by molar-refractivity contribution is -0.121. The van der Waals surface area contributed by atoms with Crippen LogP contribution in [0.1, 0.15) is 28.9 Å². The normalized spacial score (nSPS) is 12.7. The number of aromatic nitrogens is 2. The Balaban J connectivity index is 1.66. The highest BCUT2D eigenvalue weighted by atomic mass is 16.2. The zero-order valence-corrected chi connectivity index (χ0v) is 16.5. The van der Waals surface area contributed by atoms with Crippen molar-refractivity contribution >= 4 is 24.5 Å². The minimum absolute atomic E-state index is 0.0201. The van der Waals surface area contributed by atoms with Crippen LogP contribution >= 0.6 is 0 Å². The van der Waals surface area contributed by atoms with Crippen LogP contribution in [0.4, 0.5) is 11.5 Å². The summed E-state index contributed by atoms with van der Waals surface area (Å²) in [5.74, 6) is 0.345. The number of carbonyl (C=O) groups excluding carboxylic acids is 1. The molecular weight excluding hydrogens is 357 g/mol. The summed E-state index contributed by atoms with van der Waals surface area (Å²) in [7, 11) is -0.690. The Morgan fingerprint density at radius 1 is 1.39 bits per heavy atom. The molecule has 1 amide bonds. The summed E-state index contributed by atoms with van der Waals surface area (Å²) in [4.78, 5) is 29.5. The third kappa shape index (κ3) is 4.54. The maximum Gasteiger partial charge on any atom is 0.408 e. The maximum atomic E-state index is 12.7. The number of amides is 1. The standard InChI is InChI=1S/C19H26BN5O3/c1-12-9-14-5-4-8-21-18(14)19(27)25(12)11-17(26)22-10-15-6-7-16(23-13(15)2)24-20(3)28/h6-7,9,21,28H,4-5,8,10-11H2,1-3H3,(H,22,26)(H,23,24). The molecule has 0 unspecified atom stereocenters. The highest BCUT2D eigenvalue weighted by Crippen LogP contribution is 2.19. The topological polar surface area (TPSA) is 108 Å². The molecule has 0 radical (unpaired) electrons. The first-order valence-electron chi connectivity index (χ1n) is 9.50. The predicted molar refractivity (Wildman–Crippen MR) is 111 cm³/mol. The van der Waals surface area contributed by atoms with Crippen LogP contribution in [0.25, 0.3) is 0 Å². The van der Waals surface area contributed by atoms with E-state index in [2.05, 4.69) is 20.8 Å². The van der Waals surface area contributed by atoms with Gasteiger partial charge in [-0.1, -0.05) is 6.07 Å². The van der Waals surface area contributed by atoms with E-state index in [0.29, 0.717) is 18.1 Å². The molecule has 9 heteroatoms. The fourth-order valence-corrected chi connectivity index (χ4v) is 3.37. The Morgan fingerprint density at radius 3 is 2.89 bits per heavy atom. The molecule has 28 heavy (non-hydrogen) atoms. The molecule has 0 aliphatic carbocycles. The quantitative estimate of drug-likeness (QED) is 0.556. The van der Waals surface area contributed by atoms with Gasteiger partial charge >= 0.3 is 7.05 Å². The van der Waals surface area contributed by atoms with Gasteiger partial charge in [0.05, 0.1) is 0 Å². The minimum Gasteiger partial charge on any atom is -0.433 e. The maximum absolute atomic E-state index is 12.7. The Hall–Kier alpha value is -2.81. The second-order valence-electron chi connectivity index (χ2n) is 7.15. The Bertz CT molecular complexity index is 942. The number of nitrogens with zero attached hydrogens (tertiary/aromatic N) is 2. The molecular formula is C19H26BN5O3. The zero-order valence-electron chi connectivity index (χ0n) is 16.5. The van der Waals surface area contributed by atoms with Crippen LogP contribution in [0.3, 0.4) is 0 Å². The number of pyridine rings is 2. The molecule has 0 fully saturated rings. The molecule has 2 aromatic heterocycles. The van der Waals surface area contributed by atoms with Gasteiger partial charge in [-0.3, -0.25) is 9.59 Å². The number of carbonyl (C=O) groups is 1. The van der Waals surface area contributed by atoms with E-state index >= 15 is 0 Å². The van der Waals surface area contributed by atoms with E-state index in [4.69, 9.17) is 0 Å². The Morgan fingerprint density at radius 2 is 2.18 bits per heavy atom. The molecule has 3 heterocycles. The third-order valence-corrected chi connectivity index (χ3v) is 4.84. The van der Waals surface area contributed by atoms with Gasteiger partial charge in [0.25, 0.3) is 5.56 Å². The lowest BCUT2D eigenvalue weighted by atomic mass is 9.89. The van der Waals surface area contributed by atoms with Gasteiger partial charge in [-0.25, -0.2) is 4.98 Å². The van der Waals surface area contributed by atoms with Gasteiger partial charge in [-0.2, -0.15) is 0 Å². The van der Waals surface area contributed by atoms with E-state index in [9.17, 15) is 14.6 Å². The number of hydrogen-bond acceptors (Lipinski definition) is 6. The summed E-state index contributed by atoms with van der Waals surface area (Å²) in [6.07, 6.45) is 1.90. The second kappa shape index (κ2) is 8.47. The summed E-state index contributed by atoms with van der Waals surface area (Å²) >= 11 is 0. The van der Waals surface area contributed by atoms with E-state index in [1.165, 1.54) is 4.57 Å². The van der Waals surface area contributed by atoms with Crippen molar-refractivity contribution in [3.8, 4) is 0 Å². The summed E-state index contributed by atoms with van der Waals surface area (Å²) < 4.78 is 1.51. The van der Waals surface area contributed by atoms with Gasteiger partial charge < -0.3 is 25.5 Å². The van der Waals surface area contributed by atoms with E-state index in [1.807, 2.05) is 26.0 Å². The Kier molecular flexibility index (Phi) is 6.04. The molecule has 8 nitrogen and oxygen atoms in total. The van der Waals surface area contributed by atoms with Crippen molar-refractivity contribution in [2.24, 2.45) is 0 Å². The van der Waals surface area contributed by atoms with Crippen LogP contribution in [-0.4, -0.2) is 34.1 Å². The summed E-state index contributed by atoms with van der Waals surface area (Å²) in [6, 6.07) is 5.59. The monoisotopic (exact) mass is 383 g/mol. The molecule has 0 bridgehead atoms. The molecule has 2 aromatic rings. The van der Waals surface area contributed by atoms with Gasteiger partial charge in [-0.15, -0.1) is 0 Å². The van der Waals surface area contributed by atoms with Crippen molar-refractivity contribution in [1.29, 1.82) is 0 Å². The van der Waals surface area contributed by atoms with Crippen LogP contribution < -0.4 is 21.4 Å². The van der Waals surface area contributed by atoms with E-state index in [1.54, 1.807) is 12.9 Å². The molecule has 0 saturated heterocycles. The molecule has 4 N–H and O–H groups in total. The van der Waals surface area contributed by atoms with Crippen LogP contribution in [0.15, 0.2) is 23.0 Å². The van der Waals surface area contributed by atoms with Gasteiger partial charge in [0.1, 0.15) is 18.1 Å². The molecule has 0 atom stereocenters. The van der Waals surface area contributed by atoms with Crippen molar-refractivity contribution < 1.29 is 9.82 Å². The van der Waals surface area contributed by atoms with Crippen molar-refractivity contribution in [3.63, 3.8) is 0 Å². The summed E-state index contributed by atoms with van der Waals surface area (Å²) in [5, 5.41) is 18.2. The molecule has 3 rings (SSSR count). The predicted octanol–water partition coefficient (Wildman–Crippen LogP) is 1.06. The smallest absolute Gasteiger partial charge is 0.408 e. The highest BCUT2D eigenvalue weighted by Gasteiger charge is 2.17. The third-order valence-electron chi connectivity index (χ3n) is 4.84.